The SMILES string of the molecule is COCCCC1CCN(Nc2nc(N[C@H]3CC[C@H](N)CC3)nc3c2ncn3C2CCCC2)CC1. The van der Waals surface area contributed by atoms with Crippen molar-refractivity contribution in [3.05, 3.63) is 6.33 Å². The molecule has 9 nitrogen and oxygen atoms in total. The summed E-state index contributed by atoms with van der Waals surface area (Å²) in [6, 6.07) is 1.21. The maximum atomic E-state index is 6.12. The first-order valence-electron chi connectivity index (χ1n) is 13.5. The monoisotopic (exact) mass is 470 g/mol. The molecule has 0 radical (unpaired) electrons. The van der Waals surface area contributed by atoms with E-state index in [1.807, 2.05) is 6.33 Å². The maximum Gasteiger partial charge on any atom is 0.227 e. The molecule has 0 unspecified atom stereocenters. The number of aromatic nitrogens is 4. The number of imidazole rings is 1. The Morgan fingerprint density at radius 1 is 1.03 bits per heavy atom. The van der Waals surface area contributed by atoms with Crippen molar-refractivity contribution in [2.75, 3.05) is 37.5 Å². The molecule has 0 aromatic carbocycles. The summed E-state index contributed by atoms with van der Waals surface area (Å²) >= 11 is 0. The molecule has 0 bridgehead atoms. The second-order valence-corrected chi connectivity index (χ2v) is 10.6. The molecule has 2 aromatic rings. The fourth-order valence-electron chi connectivity index (χ4n) is 5.95. The Hall–Kier alpha value is -1.97. The average molecular weight is 471 g/mol. The van der Waals surface area contributed by atoms with Crippen LogP contribution < -0.4 is 16.5 Å². The lowest BCUT2D eigenvalue weighted by Gasteiger charge is -2.32. The van der Waals surface area contributed by atoms with E-state index >= 15 is 0 Å². The number of piperidine rings is 1. The number of anilines is 2. The number of hydrazine groups is 1. The molecule has 2 aliphatic carbocycles. The minimum Gasteiger partial charge on any atom is -0.385 e. The molecular formula is C25H42N8O. The van der Waals surface area contributed by atoms with Crippen LogP contribution in [-0.2, 0) is 4.74 Å². The minimum atomic E-state index is 0.333. The summed E-state index contributed by atoms with van der Waals surface area (Å²) in [6.07, 6.45) is 16.0. The highest BCUT2D eigenvalue weighted by Crippen LogP contribution is 2.34. The van der Waals surface area contributed by atoms with Gasteiger partial charge >= 0.3 is 0 Å². The molecule has 3 aliphatic rings. The first-order valence-corrected chi connectivity index (χ1v) is 13.5. The van der Waals surface area contributed by atoms with Gasteiger partial charge < -0.3 is 25.8 Å². The number of nitrogens with two attached hydrogens (primary N) is 1. The van der Waals surface area contributed by atoms with E-state index in [1.165, 1.54) is 44.9 Å². The van der Waals surface area contributed by atoms with Gasteiger partial charge in [0.15, 0.2) is 17.0 Å². The number of hydrogen-bond acceptors (Lipinski definition) is 8. The Morgan fingerprint density at radius 2 is 1.79 bits per heavy atom. The number of nitrogens with one attached hydrogen (secondary N) is 2. The molecule has 188 valence electrons. The molecule has 1 aliphatic heterocycles. The maximum absolute atomic E-state index is 6.12. The second kappa shape index (κ2) is 11.2. The van der Waals surface area contributed by atoms with Crippen LogP contribution in [0.5, 0.6) is 0 Å². The van der Waals surface area contributed by atoms with Crippen molar-refractivity contribution in [3.8, 4) is 0 Å². The third-order valence-electron chi connectivity index (χ3n) is 8.08. The highest BCUT2D eigenvalue weighted by Gasteiger charge is 2.25. The third kappa shape index (κ3) is 5.63. The number of fused-ring (bicyclic) bond motifs is 1. The molecule has 34 heavy (non-hydrogen) atoms. The van der Waals surface area contributed by atoms with Crippen molar-refractivity contribution in [2.45, 2.75) is 95.2 Å². The van der Waals surface area contributed by atoms with Crippen molar-refractivity contribution in [2.24, 2.45) is 11.7 Å². The lowest BCUT2D eigenvalue weighted by Crippen LogP contribution is -2.38. The van der Waals surface area contributed by atoms with Gasteiger partial charge in [-0.15, -0.1) is 0 Å². The van der Waals surface area contributed by atoms with Crippen molar-refractivity contribution < 1.29 is 4.74 Å². The fourth-order valence-corrected chi connectivity index (χ4v) is 5.95. The summed E-state index contributed by atoms with van der Waals surface area (Å²) in [5, 5.41) is 5.94. The summed E-state index contributed by atoms with van der Waals surface area (Å²) < 4.78 is 7.52. The van der Waals surface area contributed by atoms with Gasteiger partial charge in [-0.1, -0.05) is 12.8 Å². The number of methoxy groups -OCH3 is 1. The van der Waals surface area contributed by atoms with Crippen LogP contribution in [0.25, 0.3) is 11.2 Å². The molecular weight excluding hydrogens is 428 g/mol. The van der Waals surface area contributed by atoms with Crippen LogP contribution in [0.15, 0.2) is 6.33 Å². The normalized spacial score (nSPS) is 25.2. The number of ether oxygens (including phenoxy) is 1. The van der Waals surface area contributed by atoms with Gasteiger partial charge in [-0.25, -0.2) is 9.99 Å². The smallest absolute Gasteiger partial charge is 0.227 e. The van der Waals surface area contributed by atoms with Crippen molar-refractivity contribution >= 4 is 22.9 Å². The Morgan fingerprint density at radius 3 is 2.53 bits per heavy atom. The van der Waals surface area contributed by atoms with Crippen LogP contribution in [0.2, 0.25) is 0 Å². The van der Waals surface area contributed by atoms with Gasteiger partial charge in [-0.3, -0.25) is 0 Å². The van der Waals surface area contributed by atoms with Gasteiger partial charge in [0.2, 0.25) is 5.95 Å². The Balaban J connectivity index is 1.32. The summed E-state index contributed by atoms with van der Waals surface area (Å²) in [7, 11) is 1.79. The lowest BCUT2D eigenvalue weighted by molar-refractivity contribution is 0.167. The summed E-state index contributed by atoms with van der Waals surface area (Å²) in [5.41, 5.74) is 11.6. The summed E-state index contributed by atoms with van der Waals surface area (Å²) in [5.74, 6) is 2.33. The minimum absolute atomic E-state index is 0.333. The van der Waals surface area contributed by atoms with Gasteiger partial charge in [0.05, 0.1) is 6.33 Å². The van der Waals surface area contributed by atoms with E-state index in [0.29, 0.717) is 24.1 Å². The molecule has 9 heteroatoms. The number of rotatable bonds is 9. The first kappa shape index (κ1) is 23.8. The lowest BCUT2D eigenvalue weighted by atomic mass is 9.92. The predicted octanol–water partition coefficient (Wildman–Crippen LogP) is 4.09. The zero-order valence-corrected chi connectivity index (χ0v) is 20.7. The zero-order chi connectivity index (χ0) is 23.3. The second-order valence-electron chi connectivity index (χ2n) is 10.6. The van der Waals surface area contributed by atoms with E-state index in [-0.39, 0.29) is 0 Å². The van der Waals surface area contributed by atoms with E-state index in [0.717, 1.165) is 74.7 Å². The van der Waals surface area contributed by atoms with Gasteiger partial charge in [-0.2, -0.15) is 9.97 Å². The van der Waals surface area contributed by atoms with Gasteiger partial charge in [-0.05, 0) is 70.1 Å². The summed E-state index contributed by atoms with van der Waals surface area (Å²) in [6.45, 7) is 2.91. The van der Waals surface area contributed by atoms with Crippen LogP contribution in [0.1, 0.15) is 83.1 Å². The van der Waals surface area contributed by atoms with E-state index in [4.69, 9.17) is 25.4 Å². The molecule has 5 rings (SSSR count). The van der Waals surface area contributed by atoms with Crippen LogP contribution in [0, 0.1) is 5.92 Å². The highest BCUT2D eigenvalue weighted by molar-refractivity contribution is 5.84. The molecule has 0 atom stereocenters. The fraction of sp³-hybridized carbons (Fsp3) is 0.800. The van der Waals surface area contributed by atoms with E-state index in [2.05, 4.69) is 20.3 Å². The largest absolute Gasteiger partial charge is 0.385 e. The molecule has 0 spiro atoms. The molecule has 2 aromatic heterocycles. The molecule has 2 saturated carbocycles. The average Bonchev–Trinajstić information content (AvgIpc) is 3.52. The van der Waals surface area contributed by atoms with Crippen molar-refractivity contribution in [3.63, 3.8) is 0 Å². The third-order valence-corrected chi connectivity index (χ3v) is 8.08. The molecule has 1 saturated heterocycles. The highest BCUT2D eigenvalue weighted by atomic mass is 16.5. The Labute approximate surface area is 203 Å². The van der Waals surface area contributed by atoms with E-state index in [9.17, 15) is 0 Å². The van der Waals surface area contributed by atoms with Crippen LogP contribution in [-0.4, -0.2) is 63.4 Å². The molecule has 0 amide bonds. The van der Waals surface area contributed by atoms with Crippen molar-refractivity contribution in [1.82, 2.24) is 24.5 Å². The quantitative estimate of drug-likeness (QED) is 0.471. The Bertz CT molecular complexity index is 911. The number of hydrogen-bond donors (Lipinski definition) is 3. The first-order chi connectivity index (χ1) is 16.7. The van der Waals surface area contributed by atoms with Gasteiger partial charge in [0.25, 0.3) is 0 Å². The van der Waals surface area contributed by atoms with Crippen molar-refractivity contribution in [1.29, 1.82) is 0 Å². The summed E-state index contributed by atoms with van der Waals surface area (Å²) in [4.78, 5) is 14.7. The van der Waals surface area contributed by atoms with Gasteiger partial charge in [0, 0.05) is 44.9 Å². The van der Waals surface area contributed by atoms with Crippen LogP contribution >= 0.6 is 0 Å². The van der Waals surface area contributed by atoms with E-state index in [1.54, 1.807) is 7.11 Å². The molecule has 3 fully saturated rings. The standard InChI is InChI=1S/C25H42N8O/c1-34-16-4-5-18-12-14-32(15-13-18)31-23-22-24(33(17-27-22)21-6-2-3-7-21)30-25(29-23)28-20-10-8-19(26)9-11-20/h17-21H,2-16,26H2,1H3,(H2,28,29,30,31)/t19-,20-. The van der Waals surface area contributed by atoms with Gasteiger partial charge in [0.1, 0.15) is 0 Å². The molecule has 3 heterocycles. The topological polar surface area (TPSA) is 106 Å². The van der Waals surface area contributed by atoms with Crippen LogP contribution in [0.4, 0.5) is 11.8 Å². The number of nitrogens with zero attached hydrogens (tertiary/aromatic N) is 5. The zero-order valence-electron chi connectivity index (χ0n) is 20.7. The predicted molar refractivity (Wildman–Crippen MR) is 136 cm³/mol. The van der Waals surface area contributed by atoms with Crippen LogP contribution in [0.3, 0.4) is 0 Å². The Kier molecular flexibility index (Phi) is 7.81. The molecule has 4 N–H and O–H groups in total. The van der Waals surface area contributed by atoms with E-state index < -0.39 is 0 Å².